The van der Waals surface area contributed by atoms with Gasteiger partial charge in [-0.1, -0.05) is 37.3 Å². The summed E-state index contributed by atoms with van der Waals surface area (Å²) in [5, 5.41) is 10.3. The molecule has 0 saturated heterocycles. The molecule has 0 bridgehead atoms. The van der Waals surface area contributed by atoms with Crippen LogP contribution in [0.15, 0.2) is 54.6 Å². The maximum atomic E-state index is 12.9. The van der Waals surface area contributed by atoms with Gasteiger partial charge in [-0.2, -0.15) is 5.10 Å². The van der Waals surface area contributed by atoms with Crippen molar-refractivity contribution in [2.45, 2.75) is 27.2 Å². The van der Waals surface area contributed by atoms with Crippen LogP contribution in [-0.2, 0) is 4.79 Å². The Bertz CT molecular complexity index is 977. The van der Waals surface area contributed by atoms with Gasteiger partial charge in [-0.15, -0.1) is 0 Å². The lowest BCUT2D eigenvalue weighted by Gasteiger charge is -2.11. The van der Waals surface area contributed by atoms with E-state index in [2.05, 4.69) is 15.7 Å². The van der Waals surface area contributed by atoms with Gasteiger partial charge in [0.1, 0.15) is 0 Å². The Morgan fingerprint density at radius 2 is 1.63 bits per heavy atom. The number of rotatable bonds is 5. The van der Waals surface area contributed by atoms with Crippen LogP contribution in [-0.4, -0.2) is 21.6 Å². The first kappa shape index (κ1) is 18.4. The molecule has 3 aromatic rings. The standard InChI is InChI=1S/C21H22N4O2/c1-4-19(26)22-18-13-9-8-12-17(18)21(27)23-20-14(2)24-25(15(20)3)16-10-6-5-7-11-16/h5-13H,4H2,1-3H3,(H,22,26)(H,23,27). The molecule has 2 aromatic carbocycles. The van der Waals surface area contributed by atoms with E-state index in [1.165, 1.54) is 0 Å². The number of aromatic nitrogens is 2. The first-order valence-electron chi connectivity index (χ1n) is 8.83. The van der Waals surface area contributed by atoms with Crippen LogP contribution in [0.2, 0.25) is 0 Å². The number of carbonyl (C=O) groups excluding carboxylic acids is 2. The van der Waals surface area contributed by atoms with Crippen molar-refractivity contribution in [3.63, 3.8) is 0 Å². The van der Waals surface area contributed by atoms with Crippen LogP contribution in [0.1, 0.15) is 35.1 Å². The molecule has 27 heavy (non-hydrogen) atoms. The maximum Gasteiger partial charge on any atom is 0.257 e. The molecule has 2 N–H and O–H groups in total. The zero-order valence-corrected chi connectivity index (χ0v) is 15.6. The first-order chi connectivity index (χ1) is 13.0. The topological polar surface area (TPSA) is 76.0 Å². The normalized spacial score (nSPS) is 10.5. The van der Waals surface area contributed by atoms with Gasteiger partial charge in [-0.25, -0.2) is 4.68 Å². The fourth-order valence-corrected chi connectivity index (χ4v) is 2.85. The average Bonchev–Trinajstić information content (AvgIpc) is 2.97. The summed E-state index contributed by atoms with van der Waals surface area (Å²) < 4.78 is 1.80. The highest BCUT2D eigenvalue weighted by atomic mass is 16.2. The molecule has 1 heterocycles. The van der Waals surface area contributed by atoms with Crippen molar-refractivity contribution in [3.8, 4) is 5.69 Å². The summed E-state index contributed by atoms with van der Waals surface area (Å²) in [7, 11) is 0. The number of carbonyl (C=O) groups is 2. The molecule has 0 saturated carbocycles. The van der Waals surface area contributed by atoms with Crippen LogP contribution in [0.25, 0.3) is 5.69 Å². The molecule has 2 amide bonds. The summed E-state index contributed by atoms with van der Waals surface area (Å²) in [6.45, 7) is 5.53. The Kier molecular flexibility index (Phi) is 5.35. The number of aryl methyl sites for hydroxylation is 1. The van der Waals surface area contributed by atoms with E-state index in [0.717, 1.165) is 17.1 Å². The van der Waals surface area contributed by atoms with Crippen LogP contribution < -0.4 is 10.6 Å². The Balaban J connectivity index is 1.90. The molecule has 138 valence electrons. The third-order valence-corrected chi connectivity index (χ3v) is 4.30. The first-order valence-corrected chi connectivity index (χ1v) is 8.83. The van der Waals surface area contributed by atoms with Gasteiger partial charge >= 0.3 is 0 Å². The van der Waals surface area contributed by atoms with Gasteiger partial charge in [0.05, 0.1) is 34.0 Å². The van der Waals surface area contributed by atoms with E-state index in [4.69, 9.17) is 0 Å². The minimum atomic E-state index is -0.291. The van der Waals surface area contributed by atoms with Crippen molar-refractivity contribution in [2.75, 3.05) is 10.6 Å². The highest BCUT2D eigenvalue weighted by Crippen LogP contribution is 2.24. The molecule has 0 radical (unpaired) electrons. The third kappa shape index (κ3) is 3.89. The smallest absolute Gasteiger partial charge is 0.257 e. The Morgan fingerprint density at radius 1 is 0.963 bits per heavy atom. The number of nitrogens with one attached hydrogen (secondary N) is 2. The zero-order valence-electron chi connectivity index (χ0n) is 15.6. The lowest BCUT2D eigenvalue weighted by Crippen LogP contribution is -2.18. The number of hydrogen-bond acceptors (Lipinski definition) is 3. The molecule has 1 aromatic heterocycles. The molecule has 6 nitrogen and oxygen atoms in total. The molecule has 3 rings (SSSR count). The third-order valence-electron chi connectivity index (χ3n) is 4.30. The van der Waals surface area contributed by atoms with E-state index in [1.807, 2.05) is 44.2 Å². The maximum absolute atomic E-state index is 12.9. The van der Waals surface area contributed by atoms with Gasteiger partial charge in [0, 0.05) is 6.42 Å². The molecular formula is C21H22N4O2. The molecule has 0 aliphatic rings. The van der Waals surface area contributed by atoms with Gasteiger partial charge in [0.15, 0.2) is 0 Å². The van der Waals surface area contributed by atoms with E-state index in [9.17, 15) is 9.59 Å². The Labute approximate surface area is 158 Å². The summed E-state index contributed by atoms with van der Waals surface area (Å²) >= 11 is 0. The molecular weight excluding hydrogens is 340 g/mol. The van der Waals surface area contributed by atoms with Crippen LogP contribution in [0.3, 0.4) is 0 Å². The van der Waals surface area contributed by atoms with Gasteiger partial charge in [0.25, 0.3) is 5.91 Å². The minimum Gasteiger partial charge on any atom is -0.325 e. The fourth-order valence-electron chi connectivity index (χ4n) is 2.85. The summed E-state index contributed by atoms with van der Waals surface area (Å²) in [4.78, 5) is 24.6. The number of para-hydroxylation sites is 2. The monoisotopic (exact) mass is 362 g/mol. The summed E-state index contributed by atoms with van der Waals surface area (Å²) in [6.07, 6.45) is 0.345. The van der Waals surface area contributed by atoms with Crippen LogP contribution in [0.4, 0.5) is 11.4 Å². The molecule has 0 unspecified atom stereocenters. The van der Waals surface area contributed by atoms with Gasteiger partial charge in [-0.05, 0) is 38.1 Å². The van der Waals surface area contributed by atoms with Crippen molar-refractivity contribution >= 4 is 23.2 Å². The van der Waals surface area contributed by atoms with E-state index in [1.54, 1.807) is 35.9 Å². The summed E-state index contributed by atoms with van der Waals surface area (Å²) in [5.74, 6) is -0.430. The molecule has 0 aliphatic heterocycles. The molecule has 0 atom stereocenters. The molecule has 0 aliphatic carbocycles. The van der Waals surface area contributed by atoms with Crippen molar-refractivity contribution in [1.29, 1.82) is 0 Å². The number of amides is 2. The fraction of sp³-hybridized carbons (Fsp3) is 0.190. The van der Waals surface area contributed by atoms with Gasteiger partial charge in [-0.3, -0.25) is 9.59 Å². The summed E-state index contributed by atoms with van der Waals surface area (Å²) in [6, 6.07) is 16.7. The number of benzene rings is 2. The van der Waals surface area contributed by atoms with Crippen LogP contribution in [0.5, 0.6) is 0 Å². The predicted molar refractivity (Wildman–Crippen MR) is 106 cm³/mol. The second-order valence-corrected chi connectivity index (χ2v) is 6.19. The number of anilines is 2. The number of nitrogens with zero attached hydrogens (tertiary/aromatic N) is 2. The minimum absolute atomic E-state index is 0.139. The highest BCUT2D eigenvalue weighted by molar-refractivity contribution is 6.10. The van der Waals surface area contributed by atoms with Crippen LogP contribution in [0, 0.1) is 13.8 Å². The Morgan fingerprint density at radius 3 is 2.33 bits per heavy atom. The second kappa shape index (κ2) is 7.86. The average molecular weight is 362 g/mol. The molecule has 0 fully saturated rings. The zero-order chi connectivity index (χ0) is 19.4. The van der Waals surface area contributed by atoms with Crippen molar-refractivity contribution < 1.29 is 9.59 Å². The lowest BCUT2D eigenvalue weighted by molar-refractivity contribution is -0.115. The number of hydrogen-bond donors (Lipinski definition) is 2. The predicted octanol–water partition coefficient (Wildman–Crippen LogP) is 4.09. The van der Waals surface area contributed by atoms with E-state index in [-0.39, 0.29) is 11.8 Å². The molecule has 0 spiro atoms. The van der Waals surface area contributed by atoms with Gasteiger partial charge < -0.3 is 10.6 Å². The largest absolute Gasteiger partial charge is 0.325 e. The van der Waals surface area contributed by atoms with Crippen molar-refractivity contribution in [1.82, 2.24) is 9.78 Å². The van der Waals surface area contributed by atoms with E-state index >= 15 is 0 Å². The quantitative estimate of drug-likeness (QED) is 0.718. The summed E-state index contributed by atoms with van der Waals surface area (Å²) in [5.41, 5.74) is 4.05. The van der Waals surface area contributed by atoms with Crippen LogP contribution >= 0.6 is 0 Å². The van der Waals surface area contributed by atoms with Crippen molar-refractivity contribution in [2.24, 2.45) is 0 Å². The van der Waals surface area contributed by atoms with E-state index < -0.39 is 0 Å². The highest BCUT2D eigenvalue weighted by Gasteiger charge is 2.18. The SMILES string of the molecule is CCC(=O)Nc1ccccc1C(=O)Nc1c(C)nn(-c2ccccc2)c1C. The lowest BCUT2D eigenvalue weighted by atomic mass is 10.1. The Hall–Kier alpha value is -3.41. The van der Waals surface area contributed by atoms with Crippen molar-refractivity contribution in [3.05, 3.63) is 71.5 Å². The van der Waals surface area contributed by atoms with E-state index in [0.29, 0.717) is 23.4 Å². The van der Waals surface area contributed by atoms with Gasteiger partial charge in [0.2, 0.25) is 5.91 Å². The molecule has 6 heteroatoms. The second-order valence-electron chi connectivity index (χ2n) is 6.19.